The summed E-state index contributed by atoms with van der Waals surface area (Å²) < 4.78 is 16.0. The Morgan fingerprint density at radius 1 is 1.22 bits per heavy atom. The zero-order valence-electron chi connectivity index (χ0n) is 13.3. The van der Waals surface area contributed by atoms with Crippen molar-refractivity contribution in [2.75, 3.05) is 14.2 Å². The molecule has 2 fully saturated rings. The van der Waals surface area contributed by atoms with E-state index in [-0.39, 0.29) is 30.8 Å². The molecule has 1 amide bonds. The molecule has 0 radical (unpaired) electrons. The lowest BCUT2D eigenvalue weighted by Gasteiger charge is -2.33. The van der Waals surface area contributed by atoms with Gasteiger partial charge in [-0.1, -0.05) is 30.3 Å². The van der Waals surface area contributed by atoms with Gasteiger partial charge in [0.15, 0.2) is 0 Å². The molecule has 0 spiro atoms. The largest absolute Gasteiger partial charge is 0.469 e. The van der Waals surface area contributed by atoms with Crippen molar-refractivity contribution in [2.45, 2.75) is 37.7 Å². The molecular weight excluding hydrogens is 298 g/mol. The third-order valence-electron chi connectivity index (χ3n) is 4.65. The van der Waals surface area contributed by atoms with Crippen molar-refractivity contribution in [2.24, 2.45) is 5.92 Å². The molecule has 23 heavy (non-hydrogen) atoms. The van der Waals surface area contributed by atoms with Gasteiger partial charge in [0.2, 0.25) is 0 Å². The summed E-state index contributed by atoms with van der Waals surface area (Å²) in [6.45, 7) is 0.203. The van der Waals surface area contributed by atoms with Crippen molar-refractivity contribution < 1.29 is 23.8 Å². The first kappa shape index (κ1) is 15.8. The summed E-state index contributed by atoms with van der Waals surface area (Å²) in [6, 6.07) is 9.15. The van der Waals surface area contributed by atoms with Gasteiger partial charge in [-0.25, -0.2) is 4.79 Å². The Balaban J connectivity index is 1.65. The molecule has 0 N–H and O–H groups in total. The van der Waals surface area contributed by atoms with Gasteiger partial charge in [-0.15, -0.1) is 0 Å². The fraction of sp³-hybridized carbons (Fsp3) is 0.529. The first-order valence-electron chi connectivity index (χ1n) is 7.78. The topological polar surface area (TPSA) is 65.1 Å². The van der Waals surface area contributed by atoms with Crippen LogP contribution in [0.15, 0.2) is 30.3 Å². The summed E-state index contributed by atoms with van der Waals surface area (Å²) in [5.74, 6) is -0.766. The van der Waals surface area contributed by atoms with Crippen molar-refractivity contribution in [1.82, 2.24) is 4.90 Å². The summed E-state index contributed by atoms with van der Waals surface area (Å²) in [4.78, 5) is 25.9. The maximum Gasteiger partial charge on any atom is 0.410 e. The zero-order valence-corrected chi connectivity index (χ0v) is 13.3. The summed E-state index contributed by atoms with van der Waals surface area (Å²) in [5.41, 5.74) is 0.919. The van der Waals surface area contributed by atoms with E-state index in [9.17, 15) is 9.59 Å². The highest BCUT2D eigenvalue weighted by Gasteiger charge is 2.55. The molecule has 6 nitrogen and oxygen atoms in total. The smallest absolute Gasteiger partial charge is 0.410 e. The molecule has 6 heteroatoms. The summed E-state index contributed by atoms with van der Waals surface area (Å²) in [6.07, 6.45) is 0.927. The molecule has 2 bridgehead atoms. The van der Waals surface area contributed by atoms with Gasteiger partial charge in [0.25, 0.3) is 0 Å². The highest BCUT2D eigenvalue weighted by atomic mass is 16.6. The lowest BCUT2D eigenvalue weighted by Crippen LogP contribution is -2.50. The van der Waals surface area contributed by atoms with Crippen LogP contribution in [-0.4, -0.2) is 49.4 Å². The van der Waals surface area contributed by atoms with Crippen LogP contribution < -0.4 is 0 Å². The standard InChI is InChI=1S/C17H21NO5/c1-18(17(20)22-10-11-6-4-3-5-7-11)15-13-9-8-12(23-13)14(15)16(19)21-2/h3-7,12-15H,8-10H2,1-2H3/t12-,13+,14+,15-/m1/s1. The molecule has 2 heterocycles. The molecule has 0 aliphatic carbocycles. The average molecular weight is 319 g/mol. The SMILES string of the molecule is COC(=O)[C@@H]1[C@H](N(C)C(=O)OCc2ccccc2)[C@@H]2CC[C@H]1O2. The van der Waals surface area contributed by atoms with Crippen molar-refractivity contribution in [3.8, 4) is 0 Å². The Morgan fingerprint density at radius 2 is 1.91 bits per heavy atom. The van der Waals surface area contributed by atoms with E-state index in [0.29, 0.717) is 0 Å². The number of hydrogen-bond donors (Lipinski definition) is 0. The van der Waals surface area contributed by atoms with Gasteiger partial charge in [0.1, 0.15) is 12.5 Å². The van der Waals surface area contributed by atoms with Crippen molar-refractivity contribution in [1.29, 1.82) is 0 Å². The Bertz CT molecular complexity index is 576. The molecule has 0 saturated carbocycles. The van der Waals surface area contributed by atoms with Gasteiger partial charge in [0, 0.05) is 7.05 Å². The quantitative estimate of drug-likeness (QED) is 0.794. The van der Waals surface area contributed by atoms with Crippen LogP contribution >= 0.6 is 0 Å². The molecule has 0 unspecified atom stereocenters. The second-order valence-electron chi connectivity index (χ2n) is 5.98. The number of likely N-dealkylation sites (N-methyl/N-ethyl adjacent to an activating group) is 1. The number of ether oxygens (including phenoxy) is 3. The fourth-order valence-corrected chi connectivity index (χ4v) is 3.52. The average Bonchev–Trinajstić information content (AvgIpc) is 3.20. The lowest BCUT2D eigenvalue weighted by atomic mass is 9.84. The van der Waals surface area contributed by atoms with Gasteiger partial charge in [-0.3, -0.25) is 4.79 Å². The van der Waals surface area contributed by atoms with E-state index < -0.39 is 12.0 Å². The number of fused-ring (bicyclic) bond motifs is 2. The minimum absolute atomic E-state index is 0.127. The van der Waals surface area contributed by atoms with Crippen LogP contribution in [0.4, 0.5) is 4.79 Å². The number of benzene rings is 1. The molecule has 2 saturated heterocycles. The van der Waals surface area contributed by atoms with Crippen molar-refractivity contribution in [3.05, 3.63) is 35.9 Å². The van der Waals surface area contributed by atoms with E-state index in [0.717, 1.165) is 18.4 Å². The van der Waals surface area contributed by atoms with Gasteiger partial charge < -0.3 is 19.1 Å². The third-order valence-corrected chi connectivity index (χ3v) is 4.65. The third kappa shape index (κ3) is 3.03. The summed E-state index contributed by atoms with van der Waals surface area (Å²) in [5, 5.41) is 0. The number of carbonyl (C=O) groups is 2. The number of amides is 1. The summed E-state index contributed by atoms with van der Waals surface area (Å²) in [7, 11) is 3.01. The highest BCUT2D eigenvalue weighted by Crippen LogP contribution is 2.42. The van der Waals surface area contributed by atoms with Gasteiger partial charge in [-0.05, 0) is 18.4 Å². The predicted octanol–water partition coefficient (Wildman–Crippen LogP) is 1.97. The molecular formula is C17H21NO5. The fourth-order valence-electron chi connectivity index (χ4n) is 3.52. The van der Waals surface area contributed by atoms with E-state index in [1.165, 1.54) is 12.0 Å². The number of nitrogens with zero attached hydrogens (tertiary/aromatic N) is 1. The Kier molecular flexibility index (Phi) is 4.52. The molecule has 1 aromatic carbocycles. The second kappa shape index (κ2) is 6.58. The van der Waals surface area contributed by atoms with Crippen molar-refractivity contribution >= 4 is 12.1 Å². The maximum absolute atomic E-state index is 12.3. The number of rotatable bonds is 4. The molecule has 0 aromatic heterocycles. The molecule has 3 rings (SSSR count). The van der Waals surface area contributed by atoms with Crippen LogP contribution in [0.2, 0.25) is 0 Å². The number of hydrogen-bond acceptors (Lipinski definition) is 5. The Hall–Kier alpha value is -2.08. The minimum Gasteiger partial charge on any atom is -0.469 e. The number of methoxy groups -OCH3 is 1. The van der Waals surface area contributed by atoms with Gasteiger partial charge >= 0.3 is 12.1 Å². The van der Waals surface area contributed by atoms with Crippen LogP contribution in [0.5, 0.6) is 0 Å². The number of carbonyl (C=O) groups excluding carboxylic acids is 2. The minimum atomic E-state index is -0.455. The van der Waals surface area contributed by atoms with E-state index in [4.69, 9.17) is 14.2 Å². The van der Waals surface area contributed by atoms with E-state index in [1.54, 1.807) is 7.05 Å². The van der Waals surface area contributed by atoms with Crippen molar-refractivity contribution in [3.63, 3.8) is 0 Å². The van der Waals surface area contributed by atoms with Crippen LogP contribution in [0.1, 0.15) is 18.4 Å². The maximum atomic E-state index is 12.3. The zero-order chi connectivity index (χ0) is 16.4. The highest BCUT2D eigenvalue weighted by molar-refractivity contribution is 5.76. The first-order valence-corrected chi connectivity index (χ1v) is 7.78. The number of esters is 1. The monoisotopic (exact) mass is 319 g/mol. The second-order valence-corrected chi connectivity index (χ2v) is 5.98. The molecule has 2 aliphatic heterocycles. The first-order chi connectivity index (χ1) is 11.1. The van der Waals surface area contributed by atoms with E-state index in [1.807, 2.05) is 30.3 Å². The van der Waals surface area contributed by atoms with Crippen LogP contribution in [0, 0.1) is 5.92 Å². The van der Waals surface area contributed by atoms with E-state index in [2.05, 4.69) is 0 Å². The molecule has 124 valence electrons. The van der Waals surface area contributed by atoms with E-state index >= 15 is 0 Å². The van der Waals surface area contributed by atoms with Gasteiger partial charge in [-0.2, -0.15) is 0 Å². The lowest BCUT2D eigenvalue weighted by molar-refractivity contribution is -0.148. The normalized spacial score (nSPS) is 28.4. The predicted molar refractivity (Wildman–Crippen MR) is 81.6 cm³/mol. The van der Waals surface area contributed by atoms with Gasteiger partial charge in [0.05, 0.1) is 25.4 Å². The Labute approximate surface area is 135 Å². The van der Waals surface area contributed by atoms with Crippen LogP contribution in [-0.2, 0) is 25.6 Å². The van der Waals surface area contributed by atoms with Crippen LogP contribution in [0.25, 0.3) is 0 Å². The van der Waals surface area contributed by atoms with Crippen LogP contribution in [0.3, 0.4) is 0 Å². The Morgan fingerprint density at radius 3 is 2.61 bits per heavy atom. The summed E-state index contributed by atoms with van der Waals surface area (Å²) >= 11 is 0. The molecule has 1 aromatic rings. The molecule has 4 atom stereocenters. The molecule has 2 aliphatic rings.